The molecule has 0 saturated heterocycles. The van der Waals surface area contributed by atoms with Crippen molar-refractivity contribution in [3.63, 3.8) is 0 Å². The van der Waals surface area contributed by atoms with Gasteiger partial charge < -0.3 is 14.8 Å². The summed E-state index contributed by atoms with van der Waals surface area (Å²) >= 11 is 0. The summed E-state index contributed by atoms with van der Waals surface area (Å²) in [7, 11) is 0. The zero-order valence-electron chi connectivity index (χ0n) is 12.9. The number of amides is 1. The first-order chi connectivity index (χ1) is 11.5. The minimum absolute atomic E-state index is 0.130. The van der Waals surface area contributed by atoms with Crippen LogP contribution in [0.3, 0.4) is 0 Å². The van der Waals surface area contributed by atoms with Gasteiger partial charge in [-0.25, -0.2) is 4.79 Å². The van der Waals surface area contributed by atoms with Gasteiger partial charge in [-0.15, -0.1) is 0 Å². The van der Waals surface area contributed by atoms with Crippen LogP contribution in [-0.2, 0) is 9.59 Å². The van der Waals surface area contributed by atoms with Crippen LogP contribution in [0.2, 0.25) is 0 Å². The lowest BCUT2D eigenvalue weighted by Gasteiger charge is -2.09. The third-order valence-corrected chi connectivity index (χ3v) is 2.88. The molecule has 2 rings (SSSR count). The molecule has 0 aliphatic rings. The third kappa shape index (κ3) is 4.54. The van der Waals surface area contributed by atoms with Crippen LogP contribution >= 0.6 is 0 Å². The molecular weight excluding hydrogens is 310 g/mol. The zero-order valence-corrected chi connectivity index (χ0v) is 12.9. The SMILES string of the molecule is C=CC(=O)Nc1ccc(OC(=O)c2ccccc2OC(C)=O)cc1. The smallest absolute Gasteiger partial charge is 0.347 e. The van der Waals surface area contributed by atoms with E-state index in [1.165, 1.54) is 31.2 Å². The molecule has 0 heterocycles. The van der Waals surface area contributed by atoms with Crippen LogP contribution in [0.15, 0.2) is 61.2 Å². The highest BCUT2D eigenvalue weighted by atomic mass is 16.5. The maximum Gasteiger partial charge on any atom is 0.347 e. The van der Waals surface area contributed by atoms with Crippen molar-refractivity contribution in [1.82, 2.24) is 0 Å². The van der Waals surface area contributed by atoms with Gasteiger partial charge in [0, 0.05) is 12.6 Å². The molecule has 24 heavy (non-hydrogen) atoms. The minimum Gasteiger partial charge on any atom is -0.426 e. The number of carbonyl (C=O) groups is 3. The number of ether oxygens (including phenoxy) is 2. The lowest BCUT2D eigenvalue weighted by Crippen LogP contribution is -2.12. The van der Waals surface area contributed by atoms with Crippen LogP contribution in [0.5, 0.6) is 11.5 Å². The molecule has 0 aliphatic carbocycles. The van der Waals surface area contributed by atoms with Crippen LogP contribution in [0.1, 0.15) is 17.3 Å². The number of esters is 2. The molecule has 1 N–H and O–H groups in total. The van der Waals surface area contributed by atoms with Crippen molar-refractivity contribution in [2.75, 3.05) is 5.32 Å². The number of anilines is 1. The molecule has 2 aromatic carbocycles. The van der Waals surface area contributed by atoms with Crippen LogP contribution < -0.4 is 14.8 Å². The normalized spacial score (nSPS) is 9.71. The fraction of sp³-hybridized carbons (Fsp3) is 0.0556. The fourth-order valence-corrected chi connectivity index (χ4v) is 1.84. The summed E-state index contributed by atoms with van der Waals surface area (Å²) < 4.78 is 10.2. The Labute approximate surface area is 138 Å². The highest BCUT2D eigenvalue weighted by molar-refractivity contribution is 5.99. The Bertz CT molecular complexity index is 780. The lowest BCUT2D eigenvalue weighted by molar-refractivity contribution is -0.131. The Kier molecular flexibility index (Phi) is 5.46. The van der Waals surface area contributed by atoms with Gasteiger partial charge >= 0.3 is 11.9 Å². The third-order valence-electron chi connectivity index (χ3n) is 2.88. The van der Waals surface area contributed by atoms with Gasteiger partial charge in [-0.1, -0.05) is 18.7 Å². The van der Waals surface area contributed by atoms with Crippen molar-refractivity contribution in [3.05, 3.63) is 66.7 Å². The second-order valence-electron chi connectivity index (χ2n) is 4.70. The molecule has 6 nitrogen and oxygen atoms in total. The molecule has 2 aromatic rings. The topological polar surface area (TPSA) is 81.7 Å². The van der Waals surface area contributed by atoms with E-state index < -0.39 is 11.9 Å². The Balaban J connectivity index is 2.11. The van der Waals surface area contributed by atoms with E-state index in [1.807, 2.05) is 0 Å². The molecule has 0 unspecified atom stereocenters. The summed E-state index contributed by atoms with van der Waals surface area (Å²) in [6.07, 6.45) is 1.15. The average molecular weight is 325 g/mol. The van der Waals surface area contributed by atoms with E-state index in [2.05, 4.69) is 11.9 Å². The summed E-state index contributed by atoms with van der Waals surface area (Å²) in [5.74, 6) is -1.11. The van der Waals surface area contributed by atoms with Crippen LogP contribution in [-0.4, -0.2) is 17.8 Å². The summed E-state index contributed by atoms with van der Waals surface area (Å²) in [6, 6.07) is 12.5. The van der Waals surface area contributed by atoms with E-state index >= 15 is 0 Å². The molecule has 0 saturated carbocycles. The van der Waals surface area contributed by atoms with Crippen LogP contribution in [0, 0.1) is 0 Å². The Morgan fingerprint density at radius 2 is 1.67 bits per heavy atom. The summed E-state index contributed by atoms with van der Waals surface area (Å²) in [5, 5.41) is 2.58. The van der Waals surface area contributed by atoms with Crippen molar-refractivity contribution in [1.29, 1.82) is 0 Å². The van der Waals surface area contributed by atoms with E-state index in [4.69, 9.17) is 9.47 Å². The molecular formula is C18H15NO5. The predicted octanol–water partition coefficient (Wildman–Crippen LogP) is 2.96. The number of rotatable bonds is 5. The highest BCUT2D eigenvalue weighted by Crippen LogP contribution is 2.22. The number of para-hydroxylation sites is 1. The molecule has 1 amide bonds. The van der Waals surface area contributed by atoms with Crippen molar-refractivity contribution in [2.24, 2.45) is 0 Å². The quantitative estimate of drug-likeness (QED) is 0.519. The van der Waals surface area contributed by atoms with Gasteiger partial charge in [-0.05, 0) is 42.5 Å². The molecule has 0 aromatic heterocycles. The number of benzene rings is 2. The summed E-state index contributed by atoms with van der Waals surface area (Å²) in [5.41, 5.74) is 0.678. The van der Waals surface area contributed by atoms with E-state index in [0.717, 1.165) is 6.08 Å². The molecule has 0 bridgehead atoms. The summed E-state index contributed by atoms with van der Waals surface area (Å²) in [4.78, 5) is 34.5. The summed E-state index contributed by atoms with van der Waals surface area (Å²) in [6.45, 7) is 4.61. The first-order valence-corrected chi connectivity index (χ1v) is 7.02. The Hall–Kier alpha value is -3.41. The molecule has 6 heteroatoms. The van der Waals surface area contributed by atoms with E-state index in [1.54, 1.807) is 24.3 Å². The number of hydrogen-bond donors (Lipinski definition) is 1. The molecule has 122 valence electrons. The zero-order chi connectivity index (χ0) is 17.5. The largest absolute Gasteiger partial charge is 0.426 e. The van der Waals surface area contributed by atoms with Gasteiger partial charge in [0.1, 0.15) is 17.1 Å². The molecule has 0 aliphatic heterocycles. The van der Waals surface area contributed by atoms with Gasteiger partial charge in [-0.2, -0.15) is 0 Å². The van der Waals surface area contributed by atoms with Crippen molar-refractivity contribution >= 4 is 23.5 Å². The second-order valence-corrected chi connectivity index (χ2v) is 4.70. The average Bonchev–Trinajstić information content (AvgIpc) is 2.56. The molecule has 0 fully saturated rings. The number of nitrogens with one attached hydrogen (secondary N) is 1. The predicted molar refractivity (Wildman–Crippen MR) is 88.0 cm³/mol. The minimum atomic E-state index is -0.658. The highest BCUT2D eigenvalue weighted by Gasteiger charge is 2.15. The monoisotopic (exact) mass is 325 g/mol. The lowest BCUT2D eigenvalue weighted by atomic mass is 10.2. The molecule has 0 atom stereocenters. The van der Waals surface area contributed by atoms with Gasteiger partial charge in [-0.3, -0.25) is 9.59 Å². The molecule has 0 spiro atoms. The first-order valence-electron chi connectivity index (χ1n) is 7.02. The van der Waals surface area contributed by atoms with Crippen LogP contribution in [0.4, 0.5) is 5.69 Å². The first kappa shape index (κ1) is 17.0. The number of carbonyl (C=O) groups excluding carboxylic acids is 3. The van der Waals surface area contributed by atoms with Gasteiger partial charge in [0.25, 0.3) is 0 Å². The maximum absolute atomic E-state index is 12.2. The standard InChI is InChI=1S/C18H15NO5/c1-3-17(21)19-13-8-10-14(11-9-13)24-18(22)15-6-4-5-7-16(15)23-12(2)20/h3-11H,1H2,2H3,(H,19,21). The van der Waals surface area contributed by atoms with Crippen molar-refractivity contribution < 1.29 is 23.9 Å². The van der Waals surface area contributed by atoms with Gasteiger partial charge in [0.05, 0.1) is 0 Å². The Morgan fingerprint density at radius 3 is 2.29 bits per heavy atom. The van der Waals surface area contributed by atoms with E-state index in [0.29, 0.717) is 5.69 Å². The van der Waals surface area contributed by atoms with Crippen LogP contribution in [0.25, 0.3) is 0 Å². The molecule has 0 radical (unpaired) electrons. The van der Waals surface area contributed by atoms with E-state index in [-0.39, 0.29) is 23.0 Å². The van der Waals surface area contributed by atoms with Gasteiger partial charge in [0.2, 0.25) is 5.91 Å². The van der Waals surface area contributed by atoms with Crippen molar-refractivity contribution in [3.8, 4) is 11.5 Å². The second kappa shape index (κ2) is 7.73. The Morgan fingerprint density at radius 1 is 1.00 bits per heavy atom. The van der Waals surface area contributed by atoms with Crippen molar-refractivity contribution in [2.45, 2.75) is 6.92 Å². The number of hydrogen-bond acceptors (Lipinski definition) is 5. The van der Waals surface area contributed by atoms with E-state index in [9.17, 15) is 14.4 Å². The van der Waals surface area contributed by atoms with Gasteiger partial charge in [0.15, 0.2) is 0 Å². The maximum atomic E-state index is 12.2. The fourth-order valence-electron chi connectivity index (χ4n) is 1.84.